The fourth-order valence-electron chi connectivity index (χ4n) is 1.88. The quantitative estimate of drug-likeness (QED) is 0.758. The van der Waals surface area contributed by atoms with Gasteiger partial charge in [0.25, 0.3) is 0 Å². The predicted octanol–water partition coefficient (Wildman–Crippen LogP) is 3.23. The second-order valence-corrected chi connectivity index (χ2v) is 6.92. The van der Waals surface area contributed by atoms with Crippen molar-refractivity contribution in [2.75, 3.05) is 0 Å². The number of hydrogen-bond acceptors (Lipinski definition) is 3. The van der Waals surface area contributed by atoms with Gasteiger partial charge in [0.1, 0.15) is 11.6 Å². The maximum atomic E-state index is 12.3. The van der Waals surface area contributed by atoms with Crippen molar-refractivity contribution in [1.82, 2.24) is 10.6 Å². The van der Waals surface area contributed by atoms with Gasteiger partial charge >= 0.3 is 6.09 Å². The standard InChI is InChI=1S/C16H32N2O3/c1-8-9-10-12(4)17-14(19)13(11(2)3)18-15(20)21-16(5,6)7/h11-13H,8-10H2,1-7H3,(H,17,19)(H,18,20). The zero-order chi connectivity index (χ0) is 16.6. The van der Waals surface area contributed by atoms with Crippen LogP contribution < -0.4 is 10.6 Å². The van der Waals surface area contributed by atoms with Gasteiger partial charge in [0.2, 0.25) is 5.91 Å². The summed E-state index contributed by atoms with van der Waals surface area (Å²) in [6, 6.07) is -0.469. The molecule has 0 heterocycles. The van der Waals surface area contributed by atoms with Crippen molar-refractivity contribution in [2.24, 2.45) is 5.92 Å². The van der Waals surface area contributed by atoms with Crippen LogP contribution in [0.1, 0.15) is 67.7 Å². The van der Waals surface area contributed by atoms with E-state index in [9.17, 15) is 9.59 Å². The second kappa shape index (κ2) is 8.90. The molecule has 2 amide bonds. The highest BCUT2D eigenvalue weighted by molar-refractivity contribution is 5.86. The molecule has 2 atom stereocenters. The number of carbonyl (C=O) groups is 2. The van der Waals surface area contributed by atoms with E-state index in [-0.39, 0.29) is 17.9 Å². The summed E-state index contributed by atoms with van der Waals surface area (Å²) in [4.78, 5) is 24.1. The molecule has 0 aliphatic rings. The van der Waals surface area contributed by atoms with E-state index in [0.29, 0.717) is 0 Å². The number of rotatable bonds is 7. The lowest BCUT2D eigenvalue weighted by Gasteiger charge is -2.26. The molecule has 0 saturated heterocycles. The molecule has 0 fully saturated rings. The third-order valence-electron chi connectivity index (χ3n) is 3.00. The number of hydrogen-bond donors (Lipinski definition) is 2. The van der Waals surface area contributed by atoms with Crippen LogP contribution in [0.5, 0.6) is 0 Å². The first kappa shape index (κ1) is 19.7. The molecule has 0 rings (SSSR count). The van der Waals surface area contributed by atoms with E-state index in [2.05, 4.69) is 17.6 Å². The van der Waals surface area contributed by atoms with Gasteiger partial charge in [-0.2, -0.15) is 0 Å². The first-order chi connectivity index (χ1) is 9.56. The average Bonchev–Trinajstić information content (AvgIpc) is 2.30. The van der Waals surface area contributed by atoms with Gasteiger partial charge in [-0.3, -0.25) is 4.79 Å². The van der Waals surface area contributed by atoms with Gasteiger partial charge < -0.3 is 15.4 Å². The number of ether oxygens (including phenoxy) is 1. The van der Waals surface area contributed by atoms with Crippen molar-refractivity contribution in [2.45, 2.75) is 85.4 Å². The van der Waals surface area contributed by atoms with Gasteiger partial charge in [0.05, 0.1) is 0 Å². The van der Waals surface area contributed by atoms with Crippen molar-refractivity contribution in [3.63, 3.8) is 0 Å². The molecule has 0 aromatic carbocycles. The van der Waals surface area contributed by atoms with Crippen LogP contribution in [0.4, 0.5) is 4.79 Å². The van der Waals surface area contributed by atoms with Crippen LogP contribution >= 0.6 is 0 Å². The van der Waals surface area contributed by atoms with Gasteiger partial charge in [-0.05, 0) is 40.0 Å². The van der Waals surface area contributed by atoms with E-state index in [0.717, 1.165) is 19.3 Å². The van der Waals surface area contributed by atoms with Gasteiger partial charge in [0.15, 0.2) is 0 Å². The lowest BCUT2D eigenvalue weighted by molar-refractivity contribution is -0.124. The number of carbonyl (C=O) groups excluding carboxylic acids is 2. The second-order valence-electron chi connectivity index (χ2n) is 6.92. The zero-order valence-electron chi connectivity index (χ0n) is 14.6. The van der Waals surface area contributed by atoms with E-state index < -0.39 is 17.7 Å². The average molecular weight is 300 g/mol. The highest BCUT2D eigenvalue weighted by atomic mass is 16.6. The Morgan fingerprint density at radius 2 is 1.67 bits per heavy atom. The van der Waals surface area contributed by atoms with Crippen molar-refractivity contribution in [3.05, 3.63) is 0 Å². The Hall–Kier alpha value is -1.26. The normalized spacial score (nSPS) is 14.5. The lowest BCUT2D eigenvalue weighted by atomic mass is 10.0. The Labute approximate surface area is 129 Å². The Morgan fingerprint density at radius 3 is 2.10 bits per heavy atom. The largest absolute Gasteiger partial charge is 0.444 e. The highest BCUT2D eigenvalue weighted by Gasteiger charge is 2.27. The molecule has 0 aliphatic heterocycles. The minimum Gasteiger partial charge on any atom is -0.444 e. The molecular formula is C16H32N2O3. The molecule has 2 N–H and O–H groups in total. The number of unbranched alkanes of at least 4 members (excludes halogenated alkanes) is 1. The SMILES string of the molecule is CCCCC(C)NC(=O)C(NC(=O)OC(C)(C)C)C(C)C. The zero-order valence-corrected chi connectivity index (χ0v) is 14.6. The first-order valence-electron chi connectivity index (χ1n) is 7.86. The Balaban J connectivity index is 4.53. The molecule has 0 aromatic rings. The van der Waals surface area contributed by atoms with Gasteiger partial charge in [-0.15, -0.1) is 0 Å². The van der Waals surface area contributed by atoms with Crippen molar-refractivity contribution in [1.29, 1.82) is 0 Å². The molecule has 0 aliphatic carbocycles. The minimum atomic E-state index is -0.580. The first-order valence-corrected chi connectivity index (χ1v) is 7.86. The topological polar surface area (TPSA) is 67.4 Å². The number of nitrogens with one attached hydrogen (secondary N) is 2. The Kier molecular flexibility index (Phi) is 8.37. The van der Waals surface area contributed by atoms with Crippen molar-refractivity contribution in [3.8, 4) is 0 Å². The van der Waals surface area contributed by atoms with Crippen molar-refractivity contribution < 1.29 is 14.3 Å². The summed E-state index contributed by atoms with van der Waals surface area (Å²) in [6.45, 7) is 13.3. The van der Waals surface area contributed by atoms with E-state index >= 15 is 0 Å². The Bertz CT molecular complexity index is 335. The molecule has 5 nitrogen and oxygen atoms in total. The summed E-state index contributed by atoms with van der Waals surface area (Å²) in [7, 11) is 0. The van der Waals surface area contributed by atoms with Crippen LogP contribution in [0.15, 0.2) is 0 Å². The Morgan fingerprint density at radius 1 is 1.10 bits per heavy atom. The van der Waals surface area contributed by atoms with Crippen molar-refractivity contribution >= 4 is 12.0 Å². The van der Waals surface area contributed by atoms with E-state index in [1.807, 2.05) is 20.8 Å². The van der Waals surface area contributed by atoms with Gasteiger partial charge in [0, 0.05) is 6.04 Å². The van der Waals surface area contributed by atoms with Crippen LogP contribution in [0.25, 0.3) is 0 Å². The van der Waals surface area contributed by atoms with Crippen LogP contribution in [0.2, 0.25) is 0 Å². The summed E-state index contributed by atoms with van der Waals surface area (Å²) in [5, 5.41) is 5.62. The highest BCUT2D eigenvalue weighted by Crippen LogP contribution is 2.09. The predicted molar refractivity (Wildman–Crippen MR) is 85.1 cm³/mol. The summed E-state index contributed by atoms with van der Waals surface area (Å²) in [6.07, 6.45) is 2.56. The summed E-state index contributed by atoms with van der Waals surface area (Å²) in [5.74, 6) is -0.157. The number of amides is 2. The van der Waals surface area contributed by atoms with Crippen LogP contribution in [-0.4, -0.2) is 29.7 Å². The summed E-state index contributed by atoms with van der Waals surface area (Å²) >= 11 is 0. The lowest BCUT2D eigenvalue weighted by Crippen LogP contribution is -2.52. The van der Waals surface area contributed by atoms with Crippen LogP contribution in [0, 0.1) is 5.92 Å². The smallest absolute Gasteiger partial charge is 0.408 e. The van der Waals surface area contributed by atoms with Gasteiger partial charge in [-0.25, -0.2) is 4.79 Å². The molecule has 0 spiro atoms. The molecule has 5 heteroatoms. The van der Waals surface area contributed by atoms with Gasteiger partial charge in [-0.1, -0.05) is 33.6 Å². The molecule has 0 aromatic heterocycles. The third kappa shape index (κ3) is 9.32. The fraction of sp³-hybridized carbons (Fsp3) is 0.875. The van der Waals surface area contributed by atoms with E-state index in [1.165, 1.54) is 0 Å². The monoisotopic (exact) mass is 300 g/mol. The van der Waals surface area contributed by atoms with Crippen LogP contribution in [0.3, 0.4) is 0 Å². The molecule has 0 bridgehead atoms. The summed E-state index contributed by atoms with van der Waals surface area (Å²) < 4.78 is 5.21. The fourth-order valence-corrected chi connectivity index (χ4v) is 1.88. The molecule has 124 valence electrons. The van der Waals surface area contributed by atoms with E-state index in [4.69, 9.17) is 4.74 Å². The molecule has 0 radical (unpaired) electrons. The maximum Gasteiger partial charge on any atom is 0.408 e. The van der Waals surface area contributed by atoms with E-state index in [1.54, 1.807) is 20.8 Å². The van der Waals surface area contributed by atoms with Crippen LogP contribution in [-0.2, 0) is 9.53 Å². The third-order valence-corrected chi connectivity index (χ3v) is 3.00. The minimum absolute atomic E-state index is 0.00380. The summed E-state index contributed by atoms with van der Waals surface area (Å²) in [5.41, 5.74) is -0.573. The molecule has 0 saturated carbocycles. The molecule has 21 heavy (non-hydrogen) atoms. The number of alkyl carbamates (subject to hydrolysis) is 1. The maximum absolute atomic E-state index is 12.3. The molecular weight excluding hydrogens is 268 g/mol. The molecule has 2 unspecified atom stereocenters.